The summed E-state index contributed by atoms with van der Waals surface area (Å²) in [5.74, 6) is -1.73. The van der Waals surface area contributed by atoms with E-state index in [0.29, 0.717) is 0 Å². The van der Waals surface area contributed by atoms with Gasteiger partial charge in [-0.25, -0.2) is 8.78 Å². The van der Waals surface area contributed by atoms with E-state index in [9.17, 15) is 13.6 Å². The second-order valence-corrected chi connectivity index (χ2v) is 4.41. The zero-order chi connectivity index (χ0) is 14.0. The number of rotatable bonds is 3. The lowest BCUT2D eigenvalue weighted by Gasteiger charge is -2.07. The third kappa shape index (κ3) is 2.74. The Morgan fingerprint density at radius 1 is 1.11 bits per heavy atom. The molecule has 0 spiro atoms. The van der Waals surface area contributed by atoms with Crippen molar-refractivity contribution < 1.29 is 13.6 Å². The average Bonchev–Trinajstić information content (AvgIpc) is 2.37. The van der Waals surface area contributed by atoms with Gasteiger partial charge in [-0.05, 0) is 24.3 Å². The number of Topliss-reactive ketones (excluding diaryl/α,β-unsaturated/α-hetero) is 1. The summed E-state index contributed by atoms with van der Waals surface area (Å²) in [6.45, 7) is 0. The molecule has 2 aromatic carbocycles. The van der Waals surface area contributed by atoms with E-state index in [1.54, 1.807) is 0 Å². The Balaban J connectivity index is 2.34. The van der Waals surface area contributed by atoms with E-state index < -0.39 is 17.4 Å². The quantitative estimate of drug-likeness (QED) is 0.690. The van der Waals surface area contributed by atoms with E-state index in [4.69, 9.17) is 17.3 Å². The fourth-order valence-electron chi connectivity index (χ4n) is 1.74. The third-order valence-corrected chi connectivity index (χ3v) is 3.11. The average molecular weight is 282 g/mol. The molecule has 0 bridgehead atoms. The number of carbonyl (C=O) groups is 1. The Morgan fingerprint density at radius 2 is 1.74 bits per heavy atom. The smallest absolute Gasteiger partial charge is 0.169 e. The van der Waals surface area contributed by atoms with Gasteiger partial charge in [-0.15, -0.1) is 0 Å². The van der Waals surface area contributed by atoms with Crippen LogP contribution in [0.15, 0.2) is 36.4 Å². The first-order valence-electron chi connectivity index (χ1n) is 5.50. The number of hydrogen-bond acceptors (Lipinski definition) is 2. The summed E-state index contributed by atoms with van der Waals surface area (Å²) in [6.07, 6.45) is -0.265. The Bertz CT molecular complexity index is 623. The van der Waals surface area contributed by atoms with Crippen molar-refractivity contribution in [1.82, 2.24) is 0 Å². The topological polar surface area (TPSA) is 43.1 Å². The number of benzene rings is 2. The molecule has 2 N–H and O–H groups in total. The van der Waals surface area contributed by atoms with Crippen LogP contribution in [0.2, 0.25) is 5.02 Å². The Hall–Kier alpha value is -1.94. The van der Waals surface area contributed by atoms with Crippen LogP contribution in [0.1, 0.15) is 15.9 Å². The van der Waals surface area contributed by atoms with Gasteiger partial charge in [0.15, 0.2) is 5.78 Å². The highest BCUT2D eigenvalue weighted by Gasteiger charge is 2.16. The third-order valence-electron chi connectivity index (χ3n) is 2.75. The number of halogens is 3. The van der Waals surface area contributed by atoms with Crippen molar-refractivity contribution in [3.05, 3.63) is 64.2 Å². The van der Waals surface area contributed by atoms with Crippen molar-refractivity contribution in [2.45, 2.75) is 6.42 Å². The number of nitrogens with two attached hydrogens (primary N) is 1. The van der Waals surface area contributed by atoms with Crippen LogP contribution in [0.3, 0.4) is 0 Å². The number of nitrogen functional groups attached to an aromatic ring is 1. The number of carbonyl (C=O) groups excluding carboxylic acids is 1. The van der Waals surface area contributed by atoms with Gasteiger partial charge in [0.25, 0.3) is 0 Å². The van der Waals surface area contributed by atoms with Gasteiger partial charge in [-0.1, -0.05) is 23.7 Å². The maximum absolute atomic E-state index is 13.6. The second kappa shape index (κ2) is 5.36. The van der Waals surface area contributed by atoms with Crippen LogP contribution in [-0.4, -0.2) is 5.78 Å². The minimum absolute atomic E-state index is 0.0271. The number of hydrogen-bond donors (Lipinski definition) is 1. The summed E-state index contributed by atoms with van der Waals surface area (Å²) in [5.41, 5.74) is 5.36. The minimum Gasteiger partial charge on any atom is -0.396 e. The lowest BCUT2D eigenvalue weighted by molar-refractivity contribution is 0.0992. The van der Waals surface area contributed by atoms with Crippen LogP contribution in [0.25, 0.3) is 0 Å². The fourth-order valence-corrected chi connectivity index (χ4v) is 1.97. The summed E-state index contributed by atoms with van der Waals surface area (Å²) in [7, 11) is 0. The van der Waals surface area contributed by atoms with Gasteiger partial charge in [0.05, 0.1) is 5.69 Å². The first-order valence-corrected chi connectivity index (χ1v) is 5.88. The molecule has 5 heteroatoms. The van der Waals surface area contributed by atoms with Crippen LogP contribution in [0.5, 0.6) is 0 Å². The molecule has 2 rings (SSSR count). The molecule has 0 radical (unpaired) electrons. The molecule has 19 heavy (non-hydrogen) atoms. The monoisotopic (exact) mass is 281 g/mol. The molecular formula is C14H10ClF2NO. The van der Waals surface area contributed by atoms with Crippen molar-refractivity contribution in [2.75, 3.05) is 5.73 Å². The molecule has 0 amide bonds. The van der Waals surface area contributed by atoms with Gasteiger partial charge < -0.3 is 5.73 Å². The van der Waals surface area contributed by atoms with Crippen molar-refractivity contribution in [3.63, 3.8) is 0 Å². The van der Waals surface area contributed by atoms with Gasteiger partial charge in [0.1, 0.15) is 11.6 Å². The maximum atomic E-state index is 13.6. The lowest BCUT2D eigenvalue weighted by Crippen LogP contribution is -2.09. The maximum Gasteiger partial charge on any atom is 0.169 e. The van der Waals surface area contributed by atoms with Gasteiger partial charge >= 0.3 is 0 Å². The SMILES string of the molecule is Nc1c(F)cccc1C(=O)Cc1c(F)cccc1Cl. The largest absolute Gasteiger partial charge is 0.396 e. The summed E-state index contributed by atoms with van der Waals surface area (Å²) < 4.78 is 26.8. The summed E-state index contributed by atoms with van der Waals surface area (Å²) >= 11 is 5.83. The lowest BCUT2D eigenvalue weighted by atomic mass is 10.0. The van der Waals surface area contributed by atoms with E-state index in [1.165, 1.54) is 30.3 Å². The van der Waals surface area contributed by atoms with Crippen molar-refractivity contribution in [1.29, 1.82) is 0 Å². The highest BCUT2D eigenvalue weighted by Crippen LogP contribution is 2.23. The van der Waals surface area contributed by atoms with Gasteiger partial charge in [0.2, 0.25) is 0 Å². The molecule has 0 saturated heterocycles. The van der Waals surface area contributed by atoms with Crippen LogP contribution >= 0.6 is 11.6 Å². The molecule has 0 aromatic heterocycles. The predicted octanol–water partition coefficient (Wildman–Crippen LogP) is 3.63. The van der Waals surface area contributed by atoms with E-state index in [-0.39, 0.29) is 28.3 Å². The number of ketones is 1. The van der Waals surface area contributed by atoms with E-state index >= 15 is 0 Å². The Kier molecular flexibility index (Phi) is 3.81. The van der Waals surface area contributed by atoms with E-state index in [2.05, 4.69) is 0 Å². The standard InChI is InChI=1S/C14H10ClF2NO/c15-10-4-2-5-11(16)9(10)7-13(19)8-3-1-6-12(17)14(8)18/h1-6H,7,18H2. The molecule has 0 atom stereocenters. The highest BCUT2D eigenvalue weighted by atomic mass is 35.5. The molecule has 0 aliphatic carbocycles. The van der Waals surface area contributed by atoms with Crippen LogP contribution in [-0.2, 0) is 6.42 Å². The zero-order valence-corrected chi connectivity index (χ0v) is 10.5. The van der Waals surface area contributed by atoms with Crippen LogP contribution < -0.4 is 5.73 Å². The minimum atomic E-state index is -0.675. The Morgan fingerprint density at radius 3 is 2.42 bits per heavy atom. The van der Waals surface area contributed by atoms with Crippen molar-refractivity contribution >= 4 is 23.1 Å². The summed E-state index contributed by atoms with van der Waals surface area (Å²) in [4.78, 5) is 12.0. The van der Waals surface area contributed by atoms with E-state index in [1.807, 2.05) is 0 Å². The molecule has 2 aromatic rings. The molecule has 0 aliphatic rings. The Labute approximate surface area is 113 Å². The number of para-hydroxylation sites is 1. The van der Waals surface area contributed by atoms with E-state index in [0.717, 1.165) is 6.07 Å². The molecule has 0 heterocycles. The molecule has 0 saturated carbocycles. The number of anilines is 1. The van der Waals surface area contributed by atoms with Gasteiger partial charge in [-0.2, -0.15) is 0 Å². The normalized spacial score (nSPS) is 10.5. The molecule has 0 unspecified atom stereocenters. The molecule has 0 fully saturated rings. The molecule has 0 aliphatic heterocycles. The summed E-state index contributed by atoms with van der Waals surface area (Å²) in [6, 6.07) is 8.08. The summed E-state index contributed by atoms with van der Waals surface area (Å²) in [5, 5.41) is 0.156. The highest BCUT2D eigenvalue weighted by molar-refractivity contribution is 6.31. The molecular weight excluding hydrogens is 272 g/mol. The fraction of sp³-hybridized carbons (Fsp3) is 0.0714. The first kappa shape index (κ1) is 13.5. The van der Waals surface area contributed by atoms with Crippen LogP contribution in [0, 0.1) is 11.6 Å². The second-order valence-electron chi connectivity index (χ2n) is 4.00. The zero-order valence-electron chi connectivity index (χ0n) is 9.79. The van der Waals surface area contributed by atoms with Gasteiger partial charge in [-0.3, -0.25) is 4.79 Å². The van der Waals surface area contributed by atoms with Crippen LogP contribution in [0.4, 0.5) is 14.5 Å². The molecule has 2 nitrogen and oxygen atoms in total. The predicted molar refractivity (Wildman–Crippen MR) is 70.3 cm³/mol. The van der Waals surface area contributed by atoms with Crippen molar-refractivity contribution in [3.8, 4) is 0 Å². The van der Waals surface area contributed by atoms with Crippen molar-refractivity contribution in [2.24, 2.45) is 0 Å². The van der Waals surface area contributed by atoms with Gasteiger partial charge in [0, 0.05) is 22.6 Å². The first-order chi connectivity index (χ1) is 9.00. The molecule has 98 valence electrons.